The summed E-state index contributed by atoms with van der Waals surface area (Å²) < 4.78 is 14.3. The van der Waals surface area contributed by atoms with Crippen LogP contribution in [0, 0.1) is 17.7 Å². The summed E-state index contributed by atoms with van der Waals surface area (Å²) in [6, 6.07) is 4.23. The smallest absolute Gasteiger partial charge is 0.307 e. The van der Waals surface area contributed by atoms with Gasteiger partial charge >= 0.3 is 5.97 Å². The van der Waals surface area contributed by atoms with Gasteiger partial charge in [0.05, 0.1) is 11.5 Å². The molecule has 1 aromatic rings. The fourth-order valence-corrected chi connectivity index (χ4v) is 2.96. The van der Waals surface area contributed by atoms with Crippen LogP contribution < -0.4 is 0 Å². The van der Waals surface area contributed by atoms with Gasteiger partial charge in [-0.15, -0.1) is 0 Å². The van der Waals surface area contributed by atoms with Crippen molar-refractivity contribution in [1.29, 1.82) is 0 Å². The number of rotatable bonds is 3. The molecule has 2 unspecified atom stereocenters. The van der Waals surface area contributed by atoms with Crippen LogP contribution in [0.2, 0.25) is 0 Å². The predicted molar refractivity (Wildman–Crippen MR) is 71.5 cm³/mol. The number of hydrogen-bond acceptors (Lipinski definition) is 2. The molecule has 0 saturated heterocycles. The summed E-state index contributed by atoms with van der Waals surface area (Å²) in [5.74, 6) is -3.26. The summed E-state index contributed by atoms with van der Waals surface area (Å²) in [5, 5.41) is 9.16. The lowest BCUT2D eigenvalue weighted by atomic mass is 9.75. The van der Waals surface area contributed by atoms with Crippen LogP contribution in [0.15, 0.2) is 22.7 Å². The largest absolute Gasteiger partial charge is 0.481 e. The van der Waals surface area contributed by atoms with Crippen LogP contribution in [0.25, 0.3) is 0 Å². The number of Topliss-reactive ketones (excluding diaryl/α,β-unsaturated/α-hetero) is 1. The molecule has 0 amide bonds. The van der Waals surface area contributed by atoms with E-state index in [9.17, 15) is 14.0 Å². The Morgan fingerprint density at radius 1 is 1.21 bits per heavy atom. The van der Waals surface area contributed by atoms with E-state index in [1.807, 2.05) is 0 Å². The molecule has 5 heteroatoms. The van der Waals surface area contributed by atoms with Crippen molar-refractivity contribution in [2.75, 3.05) is 0 Å². The SMILES string of the molecule is O=C(O)C1CCCCC1C(=O)c1ccc(Br)cc1F. The molecule has 2 atom stereocenters. The number of carbonyl (C=O) groups excluding carboxylic acids is 1. The summed E-state index contributed by atoms with van der Waals surface area (Å²) >= 11 is 3.13. The van der Waals surface area contributed by atoms with Gasteiger partial charge in [-0.1, -0.05) is 28.8 Å². The second-order valence-corrected chi connectivity index (χ2v) is 5.74. The summed E-state index contributed by atoms with van der Waals surface area (Å²) in [4.78, 5) is 23.5. The highest BCUT2D eigenvalue weighted by Gasteiger charge is 2.36. The molecule has 0 radical (unpaired) electrons. The molecule has 1 fully saturated rings. The van der Waals surface area contributed by atoms with Gasteiger partial charge in [-0.05, 0) is 31.0 Å². The van der Waals surface area contributed by atoms with Crippen molar-refractivity contribution < 1.29 is 19.1 Å². The molecule has 1 aromatic carbocycles. The van der Waals surface area contributed by atoms with Gasteiger partial charge in [0, 0.05) is 10.4 Å². The van der Waals surface area contributed by atoms with Crippen LogP contribution in [-0.2, 0) is 4.79 Å². The van der Waals surface area contributed by atoms with E-state index in [-0.39, 0.29) is 5.56 Å². The van der Waals surface area contributed by atoms with Gasteiger partial charge in [0.1, 0.15) is 5.82 Å². The Morgan fingerprint density at radius 3 is 2.42 bits per heavy atom. The van der Waals surface area contributed by atoms with E-state index in [4.69, 9.17) is 5.11 Å². The minimum atomic E-state index is -0.962. The van der Waals surface area contributed by atoms with E-state index in [2.05, 4.69) is 15.9 Å². The van der Waals surface area contributed by atoms with Gasteiger partial charge in [0.15, 0.2) is 5.78 Å². The van der Waals surface area contributed by atoms with Crippen molar-refractivity contribution in [2.45, 2.75) is 25.7 Å². The number of carboxylic acids is 1. The third kappa shape index (κ3) is 3.03. The molecule has 102 valence electrons. The molecule has 0 spiro atoms. The molecule has 1 aliphatic rings. The number of halogens is 2. The second-order valence-electron chi connectivity index (χ2n) is 4.82. The highest BCUT2D eigenvalue weighted by atomic mass is 79.9. The highest BCUT2D eigenvalue weighted by molar-refractivity contribution is 9.10. The Balaban J connectivity index is 2.28. The first-order valence-electron chi connectivity index (χ1n) is 6.23. The molecule has 0 aromatic heterocycles. The first kappa shape index (κ1) is 14.2. The maximum Gasteiger partial charge on any atom is 0.307 e. The molecule has 2 rings (SSSR count). The van der Waals surface area contributed by atoms with Gasteiger partial charge < -0.3 is 5.11 Å². The van der Waals surface area contributed by atoms with E-state index in [0.29, 0.717) is 17.3 Å². The van der Waals surface area contributed by atoms with E-state index in [1.165, 1.54) is 12.1 Å². The minimum Gasteiger partial charge on any atom is -0.481 e. The van der Waals surface area contributed by atoms with Crippen molar-refractivity contribution in [3.05, 3.63) is 34.1 Å². The fourth-order valence-electron chi connectivity index (χ4n) is 2.63. The van der Waals surface area contributed by atoms with Crippen molar-refractivity contribution in [3.8, 4) is 0 Å². The molecule has 0 heterocycles. The van der Waals surface area contributed by atoms with Crippen LogP contribution in [0.5, 0.6) is 0 Å². The lowest BCUT2D eigenvalue weighted by molar-refractivity contribution is -0.144. The number of aliphatic carboxylic acids is 1. The average Bonchev–Trinajstić information content (AvgIpc) is 2.38. The summed E-state index contributed by atoms with van der Waals surface area (Å²) in [6.45, 7) is 0. The Labute approximate surface area is 118 Å². The minimum absolute atomic E-state index is 0.0126. The Morgan fingerprint density at radius 2 is 1.84 bits per heavy atom. The monoisotopic (exact) mass is 328 g/mol. The van der Waals surface area contributed by atoms with Crippen molar-refractivity contribution in [1.82, 2.24) is 0 Å². The normalized spacial score (nSPS) is 23.1. The predicted octanol–water partition coefficient (Wildman–Crippen LogP) is 3.66. The third-order valence-electron chi connectivity index (χ3n) is 3.62. The number of benzene rings is 1. The summed E-state index contributed by atoms with van der Waals surface area (Å²) in [5.41, 5.74) is -0.0126. The molecule has 19 heavy (non-hydrogen) atoms. The van der Waals surface area contributed by atoms with Gasteiger partial charge in [-0.25, -0.2) is 4.39 Å². The van der Waals surface area contributed by atoms with Crippen LogP contribution in [0.4, 0.5) is 4.39 Å². The lowest BCUT2D eigenvalue weighted by Crippen LogP contribution is -2.33. The van der Waals surface area contributed by atoms with Gasteiger partial charge in [0.25, 0.3) is 0 Å². The van der Waals surface area contributed by atoms with Crippen LogP contribution in [0.1, 0.15) is 36.0 Å². The zero-order chi connectivity index (χ0) is 14.0. The van der Waals surface area contributed by atoms with Crippen molar-refractivity contribution in [2.24, 2.45) is 11.8 Å². The van der Waals surface area contributed by atoms with Crippen molar-refractivity contribution in [3.63, 3.8) is 0 Å². The molecule has 0 aliphatic heterocycles. The first-order chi connectivity index (χ1) is 9.00. The van der Waals surface area contributed by atoms with Crippen LogP contribution >= 0.6 is 15.9 Å². The number of carboxylic acid groups (broad SMARTS) is 1. The van der Waals surface area contributed by atoms with Crippen LogP contribution in [0.3, 0.4) is 0 Å². The molecule has 1 saturated carbocycles. The molecular weight excluding hydrogens is 315 g/mol. The zero-order valence-corrected chi connectivity index (χ0v) is 11.8. The van der Waals surface area contributed by atoms with Gasteiger partial charge in [-0.3, -0.25) is 9.59 Å². The Hall–Kier alpha value is -1.23. The molecule has 3 nitrogen and oxygen atoms in total. The quantitative estimate of drug-likeness (QED) is 0.861. The molecule has 1 aliphatic carbocycles. The van der Waals surface area contributed by atoms with E-state index in [0.717, 1.165) is 12.8 Å². The number of carbonyl (C=O) groups is 2. The molecular formula is C14H14BrFO3. The molecule has 1 N–H and O–H groups in total. The average molecular weight is 329 g/mol. The lowest BCUT2D eigenvalue weighted by Gasteiger charge is -2.27. The standard InChI is InChI=1S/C14H14BrFO3/c15-8-5-6-11(12(16)7-8)13(17)9-3-1-2-4-10(9)14(18)19/h5-7,9-10H,1-4H2,(H,18,19). The zero-order valence-electron chi connectivity index (χ0n) is 10.2. The van der Waals surface area contributed by atoms with Gasteiger partial charge in [-0.2, -0.15) is 0 Å². The Bertz CT molecular complexity index is 515. The second kappa shape index (κ2) is 5.82. The van der Waals surface area contributed by atoms with E-state index < -0.39 is 29.4 Å². The van der Waals surface area contributed by atoms with Crippen molar-refractivity contribution >= 4 is 27.7 Å². The highest BCUT2D eigenvalue weighted by Crippen LogP contribution is 2.33. The topological polar surface area (TPSA) is 54.4 Å². The fraction of sp³-hybridized carbons (Fsp3) is 0.429. The summed E-state index contributed by atoms with van der Waals surface area (Å²) in [7, 11) is 0. The Kier molecular flexibility index (Phi) is 4.34. The summed E-state index contributed by atoms with van der Waals surface area (Å²) in [6.07, 6.45) is 2.64. The van der Waals surface area contributed by atoms with E-state index >= 15 is 0 Å². The first-order valence-corrected chi connectivity index (χ1v) is 7.02. The number of ketones is 1. The van der Waals surface area contributed by atoms with E-state index in [1.54, 1.807) is 6.07 Å². The van der Waals surface area contributed by atoms with Crippen LogP contribution in [-0.4, -0.2) is 16.9 Å². The third-order valence-corrected chi connectivity index (χ3v) is 4.11. The maximum absolute atomic E-state index is 13.8. The maximum atomic E-state index is 13.8. The number of hydrogen-bond donors (Lipinski definition) is 1. The molecule has 0 bridgehead atoms. The van der Waals surface area contributed by atoms with Gasteiger partial charge in [0.2, 0.25) is 0 Å².